The highest BCUT2D eigenvalue weighted by molar-refractivity contribution is 5.96. The van der Waals surface area contributed by atoms with Crippen molar-refractivity contribution in [2.45, 2.75) is 20.5 Å². The number of Topliss-reactive ketones (excluding diaryl/α,β-unsaturated/α-hetero) is 1. The summed E-state index contributed by atoms with van der Waals surface area (Å²) in [6, 6.07) is 8.76. The van der Waals surface area contributed by atoms with Crippen LogP contribution in [0.2, 0.25) is 0 Å². The Morgan fingerprint density at radius 2 is 1.80 bits per heavy atom. The Morgan fingerprint density at radius 1 is 1.08 bits per heavy atom. The van der Waals surface area contributed by atoms with Gasteiger partial charge in [0.15, 0.2) is 11.5 Å². The third kappa shape index (κ3) is 5.31. The van der Waals surface area contributed by atoms with Gasteiger partial charge in [0.25, 0.3) is 5.91 Å². The number of hydrogen-bond acceptors (Lipinski definition) is 5. The monoisotopic (exact) mass is 342 g/mol. The van der Waals surface area contributed by atoms with E-state index in [4.69, 9.17) is 9.47 Å². The second-order valence-electron chi connectivity index (χ2n) is 5.60. The van der Waals surface area contributed by atoms with Crippen LogP contribution in [0.4, 0.5) is 0 Å². The predicted molar refractivity (Wildman–Crippen MR) is 93.8 cm³/mol. The van der Waals surface area contributed by atoms with Gasteiger partial charge >= 0.3 is 0 Å². The van der Waals surface area contributed by atoms with Gasteiger partial charge < -0.3 is 14.4 Å². The quantitative estimate of drug-likeness (QED) is 0.738. The summed E-state index contributed by atoms with van der Waals surface area (Å²) in [6.45, 7) is 4.21. The number of ether oxygens (including phenoxy) is 2. The van der Waals surface area contributed by atoms with Gasteiger partial charge in [-0.2, -0.15) is 0 Å². The molecule has 0 aliphatic carbocycles. The van der Waals surface area contributed by atoms with Crippen LogP contribution >= 0.6 is 0 Å². The Kier molecular flexibility index (Phi) is 6.51. The number of nitrogens with zero attached hydrogens (tertiary/aromatic N) is 2. The highest BCUT2D eigenvalue weighted by Crippen LogP contribution is 2.29. The van der Waals surface area contributed by atoms with Crippen LogP contribution in [0.1, 0.15) is 29.8 Å². The maximum Gasteiger partial charge on any atom is 0.254 e. The van der Waals surface area contributed by atoms with Crippen molar-refractivity contribution in [3.8, 4) is 11.5 Å². The number of amides is 1. The highest BCUT2D eigenvalue weighted by atomic mass is 16.5. The molecule has 0 atom stereocenters. The number of rotatable bonds is 8. The lowest BCUT2D eigenvalue weighted by molar-refractivity contribution is -0.117. The molecule has 0 N–H and O–H groups in total. The molecule has 2 aromatic rings. The minimum atomic E-state index is -0.239. The summed E-state index contributed by atoms with van der Waals surface area (Å²) in [4.78, 5) is 28.9. The molecule has 0 unspecified atom stereocenters. The molecule has 25 heavy (non-hydrogen) atoms. The molecular formula is C19H22N2O4. The Morgan fingerprint density at radius 3 is 2.44 bits per heavy atom. The molecule has 1 heterocycles. The molecule has 2 rings (SSSR count). The van der Waals surface area contributed by atoms with E-state index in [9.17, 15) is 9.59 Å². The van der Waals surface area contributed by atoms with Crippen molar-refractivity contribution in [2.75, 3.05) is 20.2 Å². The van der Waals surface area contributed by atoms with Crippen molar-refractivity contribution < 1.29 is 19.1 Å². The lowest BCUT2D eigenvalue weighted by atomic mass is 10.1. The van der Waals surface area contributed by atoms with E-state index in [0.717, 1.165) is 5.56 Å². The van der Waals surface area contributed by atoms with Crippen molar-refractivity contribution in [3.63, 3.8) is 0 Å². The van der Waals surface area contributed by atoms with E-state index in [0.29, 0.717) is 30.3 Å². The Bertz CT molecular complexity index is 731. The molecule has 1 aromatic carbocycles. The third-order valence-corrected chi connectivity index (χ3v) is 3.44. The van der Waals surface area contributed by atoms with Gasteiger partial charge in [-0.25, -0.2) is 0 Å². The van der Waals surface area contributed by atoms with Gasteiger partial charge in [-0.15, -0.1) is 0 Å². The first-order valence-corrected chi connectivity index (χ1v) is 8.04. The topological polar surface area (TPSA) is 68.7 Å². The zero-order valence-corrected chi connectivity index (χ0v) is 14.7. The van der Waals surface area contributed by atoms with Gasteiger partial charge in [0.1, 0.15) is 12.4 Å². The van der Waals surface area contributed by atoms with Gasteiger partial charge in [-0.3, -0.25) is 14.6 Å². The number of carbonyl (C=O) groups excluding carboxylic acids is 2. The molecule has 0 aliphatic rings. The van der Waals surface area contributed by atoms with Gasteiger partial charge in [0, 0.05) is 25.0 Å². The molecule has 6 heteroatoms. The summed E-state index contributed by atoms with van der Waals surface area (Å²) in [5.74, 6) is 0.748. The number of carbonyl (C=O) groups is 2. The predicted octanol–water partition coefficient (Wildman–Crippen LogP) is 2.72. The van der Waals surface area contributed by atoms with Crippen molar-refractivity contribution in [3.05, 3.63) is 53.9 Å². The molecule has 1 aromatic heterocycles. The van der Waals surface area contributed by atoms with Gasteiger partial charge in [0.2, 0.25) is 0 Å². The van der Waals surface area contributed by atoms with Crippen LogP contribution in [-0.4, -0.2) is 41.8 Å². The summed E-state index contributed by atoms with van der Waals surface area (Å²) >= 11 is 0. The summed E-state index contributed by atoms with van der Waals surface area (Å²) in [6.07, 6.45) is 3.41. The minimum absolute atomic E-state index is 0.0711. The average molecular weight is 342 g/mol. The largest absolute Gasteiger partial charge is 0.490 e. The fourth-order valence-corrected chi connectivity index (χ4v) is 2.29. The standard InChI is InChI=1S/C19H22N2O4/c1-4-24-18-11-16(19(23)21(3)12-14(2)22)5-6-17(18)25-13-15-7-9-20-10-8-15/h5-11H,4,12-13H2,1-3H3. The van der Waals surface area contributed by atoms with E-state index in [1.165, 1.54) is 11.8 Å². The molecule has 132 valence electrons. The second kappa shape index (κ2) is 8.82. The molecule has 0 aliphatic heterocycles. The maximum absolute atomic E-state index is 12.4. The Hall–Kier alpha value is -2.89. The molecule has 0 radical (unpaired) electrons. The van der Waals surface area contributed by atoms with E-state index in [1.54, 1.807) is 37.6 Å². The number of ketones is 1. The van der Waals surface area contributed by atoms with Crippen LogP contribution in [0, 0.1) is 0 Å². The van der Waals surface area contributed by atoms with E-state index in [1.807, 2.05) is 19.1 Å². The number of pyridine rings is 1. The summed E-state index contributed by atoms with van der Waals surface area (Å²) in [5, 5.41) is 0. The zero-order chi connectivity index (χ0) is 18.2. The fraction of sp³-hybridized carbons (Fsp3) is 0.316. The second-order valence-corrected chi connectivity index (χ2v) is 5.60. The van der Waals surface area contributed by atoms with Gasteiger partial charge in [-0.1, -0.05) is 0 Å². The van der Waals surface area contributed by atoms with Crippen molar-refractivity contribution >= 4 is 11.7 Å². The van der Waals surface area contributed by atoms with E-state index in [2.05, 4.69) is 4.98 Å². The van der Waals surface area contributed by atoms with E-state index >= 15 is 0 Å². The number of aromatic nitrogens is 1. The van der Waals surface area contributed by atoms with Gasteiger partial charge in [0.05, 0.1) is 13.2 Å². The number of hydrogen-bond donors (Lipinski definition) is 0. The SMILES string of the molecule is CCOc1cc(C(=O)N(C)CC(C)=O)ccc1OCc1ccncc1. The van der Waals surface area contributed by atoms with E-state index < -0.39 is 0 Å². The lowest BCUT2D eigenvalue weighted by Crippen LogP contribution is -2.31. The summed E-state index contributed by atoms with van der Waals surface area (Å²) < 4.78 is 11.4. The van der Waals surface area contributed by atoms with Crippen molar-refractivity contribution in [1.29, 1.82) is 0 Å². The van der Waals surface area contributed by atoms with Crippen molar-refractivity contribution in [2.24, 2.45) is 0 Å². The van der Waals surface area contributed by atoms with Crippen LogP contribution in [-0.2, 0) is 11.4 Å². The zero-order valence-electron chi connectivity index (χ0n) is 14.7. The average Bonchev–Trinajstić information content (AvgIpc) is 2.60. The molecule has 6 nitrogen and oxygen atoms in total. The number of benzene rings is 1. The van der Waals surface area contributed by atoms with Crippen LogP contribution in [0.25, 0.3) is 0 Å². The van der Waals surface area contributed by atoms with Crippen LogP contribution < -0.4 is 9.47 Å². The Labute approximate surface area is 147 Å². The first kappa shape index (κ1) is 18.4. The smallest absolute Gasteiger partial charge is 0.254 e. The normalized spacial score (nSPS) is 10.2. The molecule has 0 saturated heterocycles. The molecule has 0 saturated carbocycles. The Balaban J connectivity index is 2.16. The van der Waals surface area contributed by atoms with Crippen LogP contribution in [0.5, 0.6) is 11.5 Å². The first-order valence-electron chi connectivity index (χ1n) is 8.04. The lowest BCUT2D eigenvalue weighted by Gasteiger charge is -2.17. The third-order valence-electron chi connectivity index (χ3n) is 3.44. The highest BCUT2D eigenvalue weighted by Gasteiger charge is 2.16. The minimum Gasteiger partial charge on any atom is -0.490 e. The van der Waals surface area contributed by atoms with E-state index in [-0.39, 0.29) is 18.2 Å². The molecule has 0 bridgehead atoms. The first-order chi connectivity index (χ1) is 12.0. The van der Waals surface area contributed by atoms with Gasteiger partial charge in [-0.05, 0) is 49.7 Å². The van der Waals surface area contributed by atoms with Crippen molar-refractivity contribution in [1.82, 2.24) is 9.88 Å². The molecule has 0 fully saturated rings. The van der Waals surface area contributed by atoms with Crippen LogP contribution in [0.15, 0.2) is 42.7 Å². The molecular weight excluding hydrogens is 320 g/mol. The van der Waals surface area contributed by atoms with Crippen LogP contribution in [0.3, 0.4) is 0 Å². The number of likely N-dealkylation sites (N-methyl/N-ethyl adjacent to an activating group) is 1. The summed E-state index contributed by atoms with van der Waals surface area (Å²) in [5.41, 5.74) is 1.43. The maximum atomic E-state index is 12.4. The molecule has 0 spiro atoms. The molecule has 1 amide bonds. The summed E-state index contributed by atoms with van der Waals surface area (Å²) in [7, 11) is 1.60. The fourth-order valence-electron chi connectivity index (χ4n) is 2.29.